The van der Waals surface area contributed by atoms with Gasteiger partial charge in [-0.05, 0) is 55.6 Å². The van der Waals surface area contributed by atoms with Gasteiger partial charge < -0.3 is 0 Å². The van der Waals surface area contributed by atoms with E-state index in [-0.39, 0.29) is 4.83 Å². The van der Waals surface area contributed by atoms with E-state index < -0.39 is 0 Å². The smallest absolute Gasteiger partial charge is 0.0887 e. The van der Waals surface area contributed by atoms with Crippen LogP contribution in [0, 0.1) is 0 Å². The van der Waals surface area contributed by atoms with Crippen LogP contribution >= 0.6 is 82.3 Å². The zero-order valence-electron chi connectivity index (χ0n) is 8.18. The third kappa shape index (κ3) is 3.28. The Balaban J connectivity index is 2.36. The number of hydrogen-bond donors (Lipinski definition) is 0. The zero-order chi connectivity index (χ0) is 12.6. The van der Waals surface area contributed by atoms with Crippen molar-refractivity contribution in [3.05, 3.63) is 53.0 Å². The van der Waals surface area contributed by atoms with Crippen LogP contribution in [0.15, 0.2) is 32.5 Å². The summed E-state index contributed by atoms with van der Waals surface area (Å²) >= 11 is 24.1. The van der Waals surface area contributed by atoms with Crippen LogP contribution in [0.25, 0.3) is 0 Å². The number of benzene rings is 1. The summed E-state index contributed by atoms with van der Waals surface area (Å²) in [6.07, 6.45) is 0. The van der Waals surface area contributed by atoms with Crippen LogP contribution < -0.4 is 0 Å². The highest BCUT2D eigenvalue weighted by molar-refractivity contribution is 9.11. The van der Waals surface area contributed by atoms with Gasteiger partial charge in [-0.15, -0.1) is 11.3 Å². The number of rotatable bonds is 2. The van der Waals surface area contributed by atoms with E-state index in [1.165, 1.54) is 0 Å². The molecule has 0 amide bonds. The minimum atomic E-state index is 0.116. The summed E-state index contributed by atoms with van der Waals surface area (Å²) in [5.74, 6) is 0. The molecule has 0 aliphatic rings. The molecule has 0 N–H and O–H groups in total. The molecule has 1 aromatic carbocycles. The van der Waals surface area contributed by atoms with Crippen LogP contribution in [0.4, 0.5) is 0 Å². The Hall–Kier alpha value is 0.940. The van der Waals surface area contributed by atoms with Gasteiger partial charge in [0.15, 0.2) is 0 Å². The number of halogens is 5. The third-order valence-electron chi connectivity index (χ3n) is 2.15. The second-order valence-corrected chi connectivity index (χ2v) is 8.29. The molecule has 0 saturated carbocycles. The lowest BCUT2D eigenvalue weighted by molar-refractivity contribution is 1.22. The third-order valence-corrected chi connectivity index (χ3v) is 7.23. The van der Waals surface area contributed by atoms with Gasteiger partial charge in [0.2, 0.25) is 0 Å². The van der Waals surface area contributed by atoms with E-state index in [4.69, 9.17) is 23.2 Å². The van der Waals surface area contributed by atoms with Crippen LogP contribution in [0.2, 0.25) is 10.0 Å². The second kappa shape index (κ2) is 5.93. The Morgan fingerprint density at radius 2 is 1.76 bits per heavy atom. The average Bonchev–Trinajstić information content (AvgIpc) is 2.62. The van der Waals surface area contributed by atoms with Crippen molar-refractivity contribution in [2.45, 2.75) is 4.83 Å². The van der Waals surface area contributed by atoms with Gasteiger partial charge in [-0.2, -0.15) is 0 Å². The Labute approximate surface area is 139 Å². The van der Waals surface area contributed by atoms with Crippen LogP contribution in [0.3, 0.4) is 0 Å². The molecule has 1 heterocycles. The van der Waals surface area contributed by atoms with Crippen molar-refractivity contribution in [1.82, 2.24) is 0 Å². The van der Waals surface area contributed by atoms with Crippen LogP contribution in [0.1, 0.15) is 15.3 Å². The lowest BCUT2D eigenvalue weighted by Gasteiger charge is -2.09. The van der Waals surface area contributed by atoms with Gasteiger partial charge in [-0.1, -0.05) is 45.2 Å². The summed E-state index contributed by atoms with van der Waals surface area (Å²) in [6, 6.07) is 7.83. The molecule has 90 valence electrons. The van der Waals surface area contributed by atoms with Crippen molar-refractivity contribution in [3.8, 4) is 0 Å². The molecular weight excluding hydrogens is 475 g/mol. The molecule has 0 radical (unpaired) electrons. The van der Waals surface area contributed by atoms with Crippen molar-refractivity contribution in [3.63, 3.8) is 0 Å². The number of hydrogen-bond acceptors (Lipinski definition) is 1. The molecule has 1 atom stereocenters. The Bertz CT molecular complexity index is 534. The minimum absolute atomic E-state index is 0.116. The molecule has 1 aromatic heterocycles. The number of thiophene rings is 1. The minimum Gasteiger partial charge on any atom is -0.130 e. The molecule has 0 saturated heterocycles. The first-order valence-electron chi connectivity index (χ1n) is 4.53. The molecule has 0 fully saturated rings. The molecule has 0 aliphatic carbocycles. The van der Waals surface area contributed by atoms with Crippen molar-refractivity contribution in [2.24, 2.45) is 0 Å². The van der Waals surface area contributed by atoms with Crippen molar-refractivity contribution < 1.29 is 0 Å². The lowest BCUT2D eigenvalue weighted by Crippen LogP contribution is -1.89. The monoisotopic (exact) mass is 476 g/mol. The lowest BCUT2D eigenvalue weighted by atomic mass is 10.1. The molecule has 0 bridgehead atoms. The summed E-state index contributed by atoms with van der Waals surface area (Å²) < 4.78 is 1.84. The maximum atomic E-state index is 6.03. The van der Waals surface area contributed by atoms with E-state index in [2.05, 4.69) is 47.8 Å². The highest BCUT2D eigenvalue weighted by Gasteiger charge is 2.15. The van der Waals surface area contributed by atoms with Crippen LogP contribution in [-0.4, -0.2) is 0 Å². The SMILES string of the molecule is Clc1ccc(C(Br)c2cc(Cl)c(Br)s2)cc1Br. The van der Waals surface area contributed by atoms with E-state index in [1.807, 2.05) is 24.3 Å². The molecule has 0 aliphatic heterocycles. The zero-order valence-corrected chi connectivity index (χ0v) is 15.3. The van der Waals surface area contributed by atoms with Crippen LogP contribution in [0.5, 0.6) is 0 Å². The van der Waals surface area contributed by atoms with Gasteiger partial charge in [0.25, 0.3) is 0 Å². The predicted molar refractivity (Wildman–Crippen MR) is 87.0 cm³/mol. The fourth-order valence-corrected chi connectivity index (χ4v) is 4.29. The first-order chi connectivity index (χ1) is 7.99. The first kappa shape index (κ1) is 14.4. The van der Waals surface area contributed by atoms with Gasteiger partial charge in [-0.3, -0.25) is 0 Å². The van der Waals surface area contributed by atoms with Crippen LogP contribution in [-0.2, 0) is 0 Å². The quantitative estimate of drug-likeness (QED) is 0.404. The summed E-state index contributed by atoms with van der Waals surface area (Å²) in [4.78, 5) is 1.26. The standard InChI is InChI=1S/C11H5Br3Cl2S/c12-6-3-5(1-2-7(6)15)10(13)9-4-8(16)11(14)17-9/h1-4,10H. The van der Waals surface area contributed by atoms with Gasteiger partial charge in [0, 0.05) is 9.35 Å². The van der Waals surface area contributed by atoms with Gasteiger partial charge in [0.05, 0.1) is 18.7 Å². The number of alkyl halides is 1. The van der Waals surface area contributed by atoms with E-state index in [0.717, 1.165) is 23.7 Å². The Morgan fingerprint density at radius 1 is 1.06 bits per heavy atom. The molecule has 1 unspecified atom stereocenters. The average molecular weight is 480 g/mol. The Kier molecular flexibility index (Phi) is 5.01. The molecule has 0 spiro atoms. The van der Waals surface area contributed by atoms with E-state index >= 15 is 0 Å². The summed E-state index contributed by atoms with van der Waals surface area (Å²) in [5.41, 5.74) is 1.13. The summed E-state index contributed by atoms with van der Waals surface area (Å²) in [5, 5.41) is 1.45. The largest absolute Gasteiger partial charge is 0.130 e. The van der Waals surface area contributed by atoms with Crippen molar-refractivity contribution in [2.75, 3.05) is 0 Å². The fourth-order valence-electron chi connectivity index (χ4n) is 1.32. The summed E-state index contributed by atoms with van der Waals surface area (Å²) in [7, 11) is 0. The normalized spacial score (nSPS) is 12.8. The topological polar surface area (TPSA) is 0 Å². The summed E-state index contributed by atoms with van der Waals surface area (Å²) in [6.45, 7) is 0. The second-order valence-electron chi connectivity index (χ2n) is 3.31. The van der Waals surface area contributed by atoms with Gasteiger partial charge in [-0.25, -0.2) is 0 Å². The Morgan fingerprint density at radius 3 is 2.29 bits per heavy atom. The van der Waals surface area contributed by atoms with Crippen molar-refractivity contribution in [1.29, 1.82) is 0 Å². The molecular formula is C11H5Br3Cl2S. The van der Waals surface area contributed by atoms with E-state index in [0.29, 0.717) is 5.02 Å². The molecule has 0 nitrogen and oxygen atoms in total. The van der Waals surface area contributed by atoms with Crippen molar-refractivity contribution >= 4 is 82.3 Å². The maximum absolute atomic E-state index is 6.03. The predicted octanol–water partition coefficient (Wildman–Crippen LogP) is 7.06. The molecule has 2 rings (SSSR count). The van der Waals surface area contributed by atoms with E-state index in [9.17, 15) is 0 Å². The molecule has 17 heavy (non-hydrogen) atoms. The first-order valence-corrected chi connectivity index (χ1v) is 8.60. The highest BCUT2D eigenvalue weighted by Crippen LogP contribution is 2.42. The fraction of sp³-hybridized carbons (Fsp3) is 0.0909. The van der Waals surface area contributed by atoms with Gasteiger partial charge >= 0.3 is 0 Å². The van der Waals surface area contributed by atoms with E-state index in [1.54, 1.807) is 11.3 Å². The molecule has 6 heteroatoms. The highest BCUT2D eigenvalue weighted by atomic mass is 79.9. The maximum Gasteiger partial charge on any atom is 0.0887 e. The molecule has 2 aromatic rings. The van der Waals surface area contributed by atoms with Gasteiger partial charge in [0.1, 0.15) is 0 Å².